The molecule has 0 unspecified atom stereocenters. The maximum absolute atomic E-state index is 12.6. The number of rotatable bonds is 7. The summed E-state index contributed by atoms with van der Waals surface area (Å²) in [4.78, 5) is 12.6. The van der Waals surface area contributed by atoms with Gasteiger partial charge in [-0.15, -0.1) is 0 Å². The van der Waals surface area contributed by atoms with Crippen molar-refractivity contribution in [3.8, 4) is 11.5 Å². The summed E-state index contributed by atoms with van der Waals surface area (Å²) < 4.78 is 11.1. The standard InChI is InChI=1S/C20H24ClNO3/c1-5-14-8-6-7-9-17(14)22-20(23)15-10-16(21)19(18(11-15)24-4)25-12-13(2)3/h6-11,13H,5,12H2,1-4H3,(H,22,23). The van der Waals surface area contributed by atoms with Gasteiger partial charge in [-0.3, -0.25) is 4.79 Å². The number of anilines is 1. The van der Waals surface area contributed by atoms with Crippen molar-refractivity contribution in [2.75, 3.05) is 19.0 Å². The molecule has 4 nitrogen and oxygen atoms in total. The van der Waals surface area contributed by atoms with Gasteiger partial charge in [-0.05, 0) is 36.1 Å². The minimum Gasteiger partial charge on any atom is -0.493 e. The van der Waals surface area contributed by atoms with Crippen LogP contribution in [0.1, 0.15) is 36.7 Å². The molecule has 0 bridgehead atoms. The number of methoxy groups -OCH3 is 1. The van der Waals surface area contributed by atoms with Gasteiger partial charge in [0.2, 0.25) is 0 Å². The molecule has 0 aliphatic heterocycles. The van der Waals surface area contributed by atoms with Crippen molar-refractivity contribution >= 4 is 23.2 Å². The number of hydrogen-bond donors (Lipinski definition) is 1. The van der Waals surface area contributed by atoms with Gasteiger partial charge in [-0.25, -0.2) is 0 Å². The predicted octanol–water partition coefficient (Wildman–Crippen LogP) is 5.20. The van der Waals surface area contributed by atoms with Crippen molar-refractivity contribution in [2.24, 2.45) is 5.92 Å². The molecule has 5 heteroatoms. The number of ether oxygens (including phenoxy) is 2. The number of para-hydroxylation sites is 1. The maximum Gasteiger partial charge on any atom is 0.255 e. The zero-order valence-corrected chi connectivity index (χ0v) is 15.8. The molecule has 1 N–H and O–H groups in total. The second-order valence-electron chi connectivity index (χ2n) is 6.16. The lowest BCUT2D eigenvalue weighted by Gasteiger charge is -2.16. The van der Waals surface area contributed by atoms with E-state index in [9.17, 15) is 4.79 Å². The summed E-state index contributed by atoms with van der Waals surface area (Å²) in [5, 5.41) is 3.29. The Balaban J connectivity index is 2.26. The van der Waals surface area contributed by atoms with Gasteiger partial charge in [0.05, 0.1) is 18.7 Å². The Labute approximate surface area is 154 Å². The van der Waals surface area contributed by atoms with Crippen LogP contribution in [0.5, 0.6) is 11.5 Å². The average molecular weight is 362 g/mol. The van der Waals surface area contributed by atoms with Crippen LogP contribution in [0.2, 0.25) is 5.02 Å². The Bertz CT molecular complexity index is 744. The normalized spacial score (nSPS) is 10.6. The topological polar surface area (TPSA) is 47.6 Å². The molecule has 0 aromatic heterocycles. The highest BCUT2D eigenvalue weighted by Crippen LogP contribution is 2.37. The second-order valence-corrected chi connectivity index (χ2v) is 6.57. The fraction of sp³-hybridized carbons (Fsp3) is 0.350. The number of nitrogens with one attached hydrogen (secondary N) is 1. The molecular formula is C20H24ClNO3. The molecule has 0 radical (unpaired) electrons. The third-order valence-electron chi connectivity index (χ3n) is 3.70. The van der Waals surface area contributed by atoms with Crippen LogP contribution in [0.4, 0.5) is 5.69 Å². The van der Waals surface area contributed by atoms with Crippen LogP contribution in [0.15, 0.2) is 36.4 Å². The summed E-state index contributed by atoms with van der Waals surface area (Å²) in [7, 11) is 1.53. The molecule has 2 aromatic carbocycles. The average Bonchev–Trinajstić information content (AvgIpc) is 2.60. The fourth-order valence-corrected chi connectivity index (χ4v) is 2.65. The molecule has 0 aliphatic carbocycles. The number of aryl methyl sites for hydroxylation is 1. The molecule has 25 heavy (non-hydrogen) atoms. The first-order chi connectivity index (χ1) is 12.0. The Hall–Kier alpha value is -2.20. The van der Waals surface area contributed by atoms with Gasteiger partial charge in [0.1, 0.15) is 0 Å². The van der Waals surface area contributed by atoms with Crippen LogP contribution >= 0.6 is 11.6 Å². The maximum atomic E-state index is 12.6. The van der Waals surface area contributed by atoms with Crippen LogP contribution in [-0.2, 0) is 6.42 Å². The van der Waals surface area contributed by atoms with E-state index in [1.54, 1.807) is 12.1 Å². The second kappa shape index (κ2) is 8.77. The molecule has 0 saturated carbocycles. The highest BCUT2D eigenvalue weighted by molar-refractivity contribution is 6.32. The van der Waals surface area contributed by atoms with Gasteiger partial charge in [-0.1, -0.05) is 50.6 Å². The molecule has 0 heterocycles. The zero-order chi connectivity index (χ0) is 18.4. The molecule has 0 saturated heterocycles. The number of halogens is 1. The van der Waals surface area contributed by atoms with Gasteiger partial charge in [0.25, 0.3) is 5.91 Å². The lowest BCUT2D eigenvalue weighted by Crippen LogP contribution is -2.14. The Kier molecular flexibility index (Phi) is 6.71. The Morgan fingerprint density at radius 1 is 1.24 bits per heavy atom. The van der Waals surface area contributed by atoms with E-state index in [2.05, 4.69) is 5.32 Å². The Morgan fingerprint density at radius 3 is 2.60 bits per heavy atom. The molecule has 2 rings (SSSR count). The highest BCUT2D eigenvalue weighted by atomic mass is 35.5. The number of hydrogen-bond acceptors (Lipinski definition) is 3. The summed E-state index contributed by atoms with van der Waals surface area (Å²) in [6, 6.07) is 11.0. The van der Waals surface area contributed by atoms with E-state index >= 15 is 0 Å². The quantitative estimate of drug-likeness (QED) is 0.737. The first kappa shape index (κ1) is 19.1. The molecule has 0 aliphatic rings. The summed E-state index contributed by atoms with van der Waals surface area (Å²) in [6.07, 6.45) is 0.836. The molecule has 0 atom stereocenters. The van der Waals surface area contributed by atoms with Crippen LogP contribution in [-0.4, -0.2) is 19.6 Å². The van der Waals surface area contributed by atoms with Crippen LogP contribution in [0.25, 0.3) is 0 Å². The van der Waals surface area contributed by atoms with E-state index in [4.69, 9.17) is 21.1 Å². The molecule has 1 amide bonds. The predicted molar refractivity (Wildman–Crippen MR) is 102 cm³/mol. The van der Waals surface area contributed by atoms with Crippen LogP contribution in [0, 0.1) is 5.92 Å². The van der Waals surface area contributed by atoms with Gasteiger partial charge in [-0.2, -0.15) is 0 Å². The number of amides is 1. The minimum atomic E-state index is -0.239. The SMILES string of the molecule is CCc1ccccc1NC(=O)c1cc(Cl)c(OCC(C)C)c(OC)c1. The van der Waals surface area contributed by atoms with Crippen LogP contribution in [0.3, 0.4) is 0 Å². The van der Waals surface area contributed by atoms with Gasteiger partial charge >= 0.3 is 0 Å². The lowest BCUT2D eigenvalue weighted by atomic mass is 10.1. The third-order valence-corrected chi connectivity index (χ3v) is 3.98. The summed E-state index contributed by atoms with van der Waals surface area (Å²) >= 11 is 6.32. The zero-order valence-electron chi connectivity index (χ0n) is 15.1. The largest absolute Gasteiger partial charge is 0.493 e. The lowest BCUT2D eigenvalue weighted by molar-refractivity contribution is 0.102. The molecule has 134 valence electrons. The summed E-state index contributed by atoms with van der Waals surface area (Å²) in [5.74, 6) is 1.02. The van der Waals surface area contributed by atoms with Crippen molar-refractivity contribution in [3.63, 3.8) is 0 Å². The minimum absolute atomic E-state index is 0.239. The van der Waals surface area contributed by atoms with Crippen molar-refractivity contribution in [2.45, 2.75) is 27.2 Å². The Morgan fingerprint density at radius 2 is 1.96 bits per heavy atom. The molecule has 2 aromatic rings. The third kappa shape index (κ3) is 4.89. The van der Waals surface area contributed by atoms with Crippen molar-refractivity contribution in [1.29, 1.82) is 0 Å². The van der Waals surface area contributed by atoms with E-state index in [-0.39, 0.29) is 5.91 Å². The van der Waals surface area contributed by atoms with Crippen molar-refractivity contribution < 1.29 is 14.3 Å². The molecular weight excluding hydrogens is 338 g/mol. The molecule has 0 spiro atoms. The van der Waals surface area contributed by atoms with Crippen LogP contribution < -0.4 is 14.8 Å². The van der Waals surface area contributed by atoms with Gasteiger partial charge in [0.15, 0.2) is 11.5 Å². The molecule has 0 fully saturated rings. The van der Waals surface area contributed by atoms with Gasteiger partial charge in [0, 0.05) is 11.3 Å². The van der Waals surface area contributed by atoms with E-state index < -0.39 is 0 Å². The fourth-order valence-electron chi connectivity index (χ4n) is 2.39. The summed E-state index contributed by atoms with van der Waals surface area (Å²) in [6.45, 7) is 6.66. The smallest absolute Gasteiger partial charge is 0.255 e. The number of benzene rings is 2. The first-order valence-electron chi connectivity index (χ1n) is 8.35. The number of carbonyl (C=O) groups is 1. The van der Waals surface area contributed by atoms with Crippen molar-refractivity contribution in [1.82, 2.24) is 0 Å². The van der Waals surface area contributed by atoms with E-state index in [1.807, 2.05) is 45.0 Å². The van der Waals surface area contributed by atoms with E-state index in [0.717, 1.165) is 17.7 Å². The first-order valence-corrected chi connectivity index (χ1v) is 8.73. The highest BCUT2D eigenvalue weighted by Gasteiger charge is 2.17. The number of carbonyl (C=O) groups excluding carboxylic acids is 1. The van der Waals surface area contributed by atoms with E-state index in [0.29, 0.717) is 34.6 Å². The monoisotopic (exact) mass is 361 g/mol. The van der Waals surface area contributed by atoms with Gasteiger partial charge < -0.3 is 14.8 Å². The van der Waals surface area contributed by atoms with Crippen molar-refractivity contribution in [3.05, 3.63) is 52.5 Å². The summed E-state index contributed by atoms with van der Waals surface area (Å²) in [5.41, 5.74) is 2.29. The van der Waals surface area contributed by atoms with E-state index in [1.165, 1.54) is 7.11 Å².